The largest absolute Gasteiger partial charge is 0.507 e. The predicted octanol–water partition coefficient (Wildman–Crippen LogP) is 1.91. The highest BCUT2D eigenvalue weighted by Crippen LogP contribution is 2.22. The number of phenolic OH excluding ortho intramolecular Hbond substituents is 1. The quantitative estimate of drug-likeness (QED) is 0.613. The SMILES string of the molecule is C/C(=N\NC(=O)Cc1csc(N2CCOCC2)n1)c1cc(F)ccc1O. The van der Waals surface area contributed by atoms with Gasteiger partial charge in [-0.25, -0.2) is 14.8 Å². The van der Waals surface area contributed by atoms with Crippen LogP contribution in [0.3, 0.4) is 0 Å². The average molecular weight is 378 g/mol. The molecule has 0 saturated carbocycles. The van der Waals surface area contributed by atoms with Crippen molar-refractivity contribution in [2.45, 2.75) is 13.3 Å². The van der Waals surface area contributed by atoms with E-state index in [2.05, 4.69) is 20.4 Å². The third kappa shape index (κ3) is 4.55. The number of hydrogen-bond acceptors (Lipinski definition) is 7. The monoisotopic (exact) mass is 378 g/mol. The van der Waals surface area contributed by atoms with Crippen LogP contribution in [0.4, 0.5) is 9.52 Å². The molecule has 1 amide bonds. The van der Waals surface area contributed by atoms with E-state index in [0.717, 1.165) is 30.4 Å². The molecule has 2 aromatic rings. The Bertz CT molecular complexity index is 818. The molecule has 1 aromatic heterocycles. The molecule has 1 aliphatic rings. The summed E-state index contributed by atoms with van der Waals surface area (Å²) in [4.78, 5) is 18.7. The minimum atomic E-state index is -0.489. The van der Waals surface area contributed by atoms with Crippen molar-refractivity contribution >= 4 is 28.1 Å². The molecule has 26 heavy (non-hydrogen) atoms. The number of ether oxygens (including phenoxy) is 1. The molecule has 7 nitrogen and oxygen atoms in total. The number of benzene rings is 1. The molecular formula is C17H19FN4O3S. The van der Waals surface area contributed by atoms with E-state index in [1.807, 2.05) is 5.38 Å². The lowest BCUT2D eigenvalue weighted by Crippen LogP contribution is -2.36. The molecule has 1 aliphatic heterocycles. The number of carbonyl (C=O) groups excluding carboxylic acids is 1. The van der Waals surface area contributed by atoms with Gasteiger partial charge in [-0.05, 0) is 25.1 Å². The number of amides is 1. The van der Waals surface area contributed by atoms with Gasteiger partial charge in [0, 0.05) is 24.0 Å². The predicted molar refractivity (Wildman–Crippen MR) is 97.3 cm³/mol. The van der Waals surface area contributed by atoms with Crippen LogP contribution >= 0.6 is 11.3 Å². The first-order valence-electron chi connectivity index (χ1n) is 8.12. The number of thiazole rings is 1. The minimum Gasteiger partial charge on any atom is -0.507 e. The van der Waals surface area contributed by atoms with Crippen molar-refractivity contribution in [3.8, 4) is 5.75 Å². The van der Waals surface area contributed by atoms with Gasteiger partial charge >= 0.3 is 0 Å². The second-order valence-electron chi connectivity index (χ2n) is 5.79. The summed E-state index contributed by atoms with van der Waals surface area (Å²) in [7, 11) is 0. The van der Waals surface area contributed by atoms with Gasteiger partial charge in [0.15, 0.2) is 5.13 Å². The van der Waals surface area contributed by atoms with Gasteiger partial charge in [0.2, 0.25) is 5.91 Å². The summed E-state index contributed by atoms with van der Waals surface area (Å²) in [6.07, 6.45) is 0.0900. The fraction of sp³-hybridized carbons (Fsp3) is 0.353. The maximum absolute atomic E-state index is 13.3. The average Bonchev–Trinajstić information content (AvgIpc) is 3.11. The van der Waals surface area contributed by atoms with Crippen molar-refractivity contribution in [1.82, 2.24) is 10.4 Å². The molecule has 2 heterocycles. The van der Waals surface area contributed by atoms with Gasteiger partial charge in [-0.1, -0.05) is 0 Å². The van der Waals surface area contributed by atoms with Crippen LogP contribution in [0.2, 0.25) is 0 Å². The standard InChI is InChI=1S/C17H19FN4O3S/c1-11(14-8-12(18)2-3-15(14)23)20-21-16(24)9-13-10-26-17(19-13)22-4-6-25-7-5-22/h2-3,8,10,23H,4-7,9H2,1H3,(H,21,24)/b20-11+. The maximum Gasteiger partial charge on any atom is 0.246 e. The molecule has 0 aliphatic carbocycles. The lowest BCUT2D eigenvalue weighted by Gasteiger charge is -2.26. The summed E-state index contributed by atoms with van der Waals surface area (Å²) in [5.74, 6) is -0.924. The first-order chi connectivity index (χ1) is 12.5. The van der Waals surface area contributed by atoms with Crippen molar-refractivity contribution in [3.05, 3.63) is 40.7 Å². The molecule has 1 fully saturated rings. The molecule has 0 bridgehead atoms. The summed E-state index contributed by atoms with van der Waals surface area (Å²) >= 11 is 1.49. The first-order valence-corrected chi connectivity index (χ1v) is 9.00. The van der Waals surface area contributed by atoms with E-state index >= 15 is 0 Å². The van der Waals surface area contributed by atoms with Gasteiger partial charge in [0.05, 0.1) is 31.0 Å². The molecule has 1 aromatic carbocycles. The normalized spacial score (nSPS) is 15.2. The Morgan fingerprint density at radius 3 is 3.00 bits per heavy atom. The lowest BCUT2D eigenvalue weighted by molar-refractivity contribution is -0.120. The fourth-order valence-electron chi connectivity index (χ4n) is 2.49. The molecule has 2 N–H and O–H groups in total. The lowest BCUT2D eigenvalue weighted by atomic mass is 10.1. The number of carbonyl (C=O) groups is 1. The number of hydrogen-bond donors (Lipinski definition) is 2. The zero-order chi connectivity index (χ0) is 18.5. The Morgan fingerprint density at radius 1 is 1.46 bits per heavy atom. The van der Waals surface area contributed by atoms with E-state index in [1.165, 1.54) is 17.4 Å². The van der Waals surface area contributed by atoms with Crippen LogP contribution in [-0.2, 0) is 16.0 Å². The highest BCUT2D eigenvalue weighted by Gasteiger charge is 2.16. The number of morpholine rings is 1. The van der Waals surface area contributed by atoms with E-state index in [0.29, 0.717) is 24.6 Å². The second-order valence-corrected chi connectivity index (χ2v) is 6.63. The number of nitrogens with zero attached hydrogens (tertiary/aromatic N) is 3. The number of anilines is 1. The summed E-state index contributed by atoms with van der Waals surface area (Å²) < 4.78 is 18.6. The molecule has 1 saturated heterocycles. The van der Waals surface area contributed by atoms with E-state index in [1.54, 1.807) is 6.92 Å². The van der Waals surface area contributed by atoms with Crippen molar-refractivity contribution in [3.63, 3.8) is 0 Å². The zero-order valence-corrected chi connectivity index (χ0v) is 15.1. The fourth-order valence-corrected chi connectivity index (χ4v) is 3.36. The molecule has 0 unspecified atom stereocenters. The number of hydrazone groups is 1. The van der Waals surface area contributed by atoms with Crippen LogP contribution in [0.1, 0.15) is 18.2 Å². The number of aromatic nitrogens is 1. The third-order valence-electron chi connectivity index (χ3n) is 3.86. The number of phenols is 1. The van der Waals surface area contributed by atoms with Crippen LogP contribution in [0, 0.1) is 5.82 Å². The number of halogens is 1. The van der Waals surface area contributed by atoms with Crippen LogP contribution in [0.5, 0.6) is 5.75 Å². The number of aromatic hydroxyl groups is 1. The molecule has 138 valence electrons. The Labute approximate surface area is 154 Å². The van der Waals surface area contributed by atoms with Gasteiger partial charge < -0.3 is 14.7 Å². The van der Waals surface area contributed by atoms with Crippen molar-refractivity contribution in [2.75, 3.05) is 31.2 Å². The molecule has 0 radical (unpaired) electrons. The van der Waals surface area contributed by atoms with Gasteiger partial charge in [-0.3, -0.25) is 4.79 Å². The van der Waals surface area contributed by atoms with E-state index in [4.69, 9.17) is 4.74 Å². The first kappa shape index (κ1) is 18.3. The zero-order valence-electron chi connectivity index (χ0n) is 14.2. The van der Waals surface area contributed by atoms with Crippen LogP contribution < -0.4 is 10.3 Å². The van der Waals surface area contributed by atoms with E-state index in [9.17, 15) is 14.3 Å². The molecule has 0 atom stereocenters. The highest BCUT2D eigenvalue weighted by atomic mass is 32.1. The van der Waals surface area contributed by atoms with Gasteiger partial charge in [0.25, 0.3) is 0 Å². The van der Waals surface area contributed by atoms with E-state index < -0.39 is 5.82 Å². The Balaban J connectivity index is 1.58. The molecule has 9 heteroatoms. The Morgan fingerprint density at radius 2 is 2.23 bits per heavy atom. The van der Waals surface area contributed by atoms with Crippen molar-refractivity contribution in [2.24, 2.45) is 5.10 Å². The third-order valence-corrected chi connectivity index (χ3v) is 4.81. The van der Waals surface area contributed by atoms with E-state index in [-0.39, 0.29) is 23.6 Å². The van der Waals surface area contributed by atoms with Gasteiger partial charge in [0.1, 0.15) is 11.6 Å². The molecular weight excluding hydrogens is 359 g/mol. The summed E-state index contributed by atoms with van der Waals surface area (Å²) in [6, 6.07) is 3.56. The smallest absolute Gasteiger partial charge is 0.246 e. The maximum atomic E-state index is 13.3. The van der Waals surface area contributed by atoms with Gasteiger partial charge in [-0.2, -0.15) is 5.10 Å². The summed E-state index contributed by atoms with van der Waals surface area (Å²) in [5, 5.41) is 16.4. The highest BCUT2D eigenvalue weighted by molar-refractivity contribution is 7.13. The number of rotatable bonds is 5. The Kier molecular flexibility index (Phi) is 5.79. The second kappa shape index (κ2) is 8.24. The number of nitrogens with one attached hydrogen (secondary N) is 1. The summed E-state index contributed by atoms with van der Waals surface area (Å²) in [6.45, 7) is 4.51. The Hall–Kier alpha value is -2.52. The molecule has 3 rings (SSSR count). The summed E-state index contributed by atoms with van der Waals surface area (Å²) in [5.41, 5.74) is 3.61. The molecule has 0 spiro atoms. The van der Waals surface area contributed by atoms with Crippen LogP contribution in [-0.4, -0.2) is 48.0 Å². The topological polar surface area (TPSA) is 87.1 Å². The minimum absolute atomic E-state index is 0.0900. The van der Waals surface area contributed by atoms with Crippen molar-refractivity contribution in [1.29, 1.82) is 0 Å². The van der Waals surface area contributed by atoms with Gasteiger partial charge in [-0.15, -0.1) is 11.3 Å². The van der Waals surface area contributed by atoms with Crippen LogP contribution in [0.15, 0.2) is 28.7 Å². The van der Waals surface area contributed by atoms with Crippen LogP contribution in [0.25, 0.3) is 0 Å². The van der Waals surface area contributed by atoms with Crippen molar-refractivity contribution < 1.29 is 19.0 Å².